The van der Waals surface area contributed by atoms with E-state index < -0.39 is 5.78 Å². The lowest BCUT2D eigenvalue weighted by Gasteiger charge is -2.07. The van der Waals surface area contributed by atoms with Crippen molar-refractivity contribution in [2.75, 3.05) is 0 Å². The Morgan fingerprint density at radius 2 is 1.63 bits per heavy atom. The molecule has 0 spiro atoms. The summed E-state index contributed by atoms with van der Waals surface area (Å²) in [6.45, 7) is 1.96. The fraction of sp³-hybridized carbons (Fsp3) is 0.0400. The first-order chi connectivity index (χ1) is 14.5. The van der Waals surface area contributed by atoms with E-state index in [1.54, 1.807) is 18.2 Å². The maximum atomic E-state index is 13.4. The lowest BCUT2D eigenvalue weighted by Crippen LogP contribution is -2.05. The molecule has 0 fully saturated rings. The number of furan rings is 1. The van der Waals surface area contributed by atoms with Crippen molar-refractivity contribution in [2.24, 2.45) is 0 Å². The van der Waals surface area contributed by atoms with Crippen molar-refractivity contribution in [2.45, 2.75) is 6.92 Å². The number of rotatable bonds is 3. The zero-order valence-electron chi connectivity index (χ0n) is 15.9. The van der Waals surface area contributed by atoms with Crippen LogP contribution in [0.25, 0.3) is 22.5 Å². The third-order valence-electron chi connectivity index (χ3n) is 5.30. The van der Waals surface area contributed by atoms with Gasteiger partial charge in [-0.25, -0.2) is 0 Å². The van der Waals surface area contributed by atoms with Crippen LogP contribution in [-0.2, 0) is 0 Å². The van der Waals surface area contributed by atoms with Crippen molar-refractivity contribution >= 4 is 23.2 Å². The van der Waals surface area contributed by atoms with Gasteiger partial charge in [-0.15, -0.1) is 0 Å². The zero-order chi connectivity index (χ0) is 21.0. The molecule has 0 saturated heterocycles. The quantitative estimate of drug-likeness (QED) is 0.364. The number of aryl methyl sites for hydroxylation is 1. The normalized spacial score (nSPS) is 12.0. The molecule has 4 nitrogen and oxygen atoms in total. The zero-order valence-corrected chi connectivity index (χ0v) is 16.7. The van der Waals surface area contributed by atoms with Gasteiger partial charge in [-0.3, -0.25) is 9.59 Å². The standard InChI is InChI=1S/C25H15ClO4/c1-13-6-8-14(9-7-13)20-21-22(28)16-4-2-3-5-17(16)24(21)30-25(20)23(29)18-12-15(26)10-11-19(18)27/h2-12,27H,1H3. The Morgan fingerprint density at radius 1 is 0.933 bits per heavy atom. The lowest BCUT2D eigenvalue weighted by molar-refractivity contribution is 0.101. The molecule has 0 aliphatic heterocycles. The first kappa shape index (κ1) is 18.4. The van der Waals surface area contributed by atoms with Crippen LogP contribution < -0.4 is 0 Å². The molecule has 30 heavy (non-hydrogen) atoms. The summed E-state index contributed by atoms with van der Waals surface area (Å²) < 4.78 is 6.03. The minimum atomic E-state index is -0.537. The molecule has 3 aromatic carbocycles. The van der Waals surface area contributed by atoms with E-state index in [1.165, 1.54) is 18.2 Å². The van der Waals surface area contributed by atoms with Crippen molar-refractivity contribution in [3.05, 3.63) is 99.8 Å². The average molecular weight is 415 g/mol. The minimum Gasteiger partial charge on any atom is -0.507 e. The van der Waals surface area contributed by atoms with Gasteiger partial charge in [0, 0.05) is 21.7 Å². The maximum Gasteiger partial charge on any atom is 0.232 e. The first-order valence-corrected chi connectivity index (χ1v) is 9.74. The van der Waals surface area contributed by atoms with Crippen molar-refractivity contribution in [1.82, 2.24) is 0 Å². The summed E-state index contributed by atoms with van der Waals surface area (Å²) in [6.07, 6.45) is 0. The molecular formula is C25H15ClO4. The van der Waals surface area contributed by atoms with Gasteiger partial charge in [-0.05, 0) is 30.7 Å². The molecule has 1 N–H and O–H groups in total. The van der Waals surface area contributed by atoms with E-state index in [1.807, 2.05) is 37.3 Å². The predicted octanol–water partition coefficient (Wildman–Crippen LogP) is 6.06. The molecule has 1 aliphatic carbocycles. The van der Waals surface area contributed by atoms with Gasteiger partial charge in [-0.2, -0.15) is 0 Å². The van der Waals surface area contributed by atoms with E-state index in [9.17, 15) is 14.7 Å². The third kappa shape index (κ3) is 2.69. The molecule has 146 valence electrons. The summed E-state index contributed by atoms with van der Waals surface area (Å²) in [7, 11) is 0. The van der Waals surface area contributed by atoms with Crippen LogP contribution in [0.1, 0.15) is 37.6 Å². The van der Waals surface area contributed by atoms with E-state index in [0.717, 1.165) is 5.56 Å². The van der Waals surface area contributed by atoms with E-state index >= 15 is 0 Å². The third-order valence-corrected chi connectivity index (χ3v) is 5.54. The number of halogens is 1. The molecule has 1 heterocycles. The molecule has 5 heteroatoms. The largest absolute Gasteiger partial charge is 0.507 e. The average Bonchev–Trinajstić information content (AvgIpc) is 3.27. The van der Waals surface area contributed by atoms with Crippen LogP contribution >= 0.6 is 11.6 Å². The maximum absolute atomic E-state index is 13.4. The Balaban J connectivity index is 1.79. The number of benzene rings is 3. The summed E-state index contributed by atoms with van der Waals surface area (Å²) in [6, 6.07) is 18.9. The Hall–Kier alpha value is -3.63. The number of phenolic OH excluding ortho intramolecular Hbond substituents is 1. The van der Waals surface area contributed by atoms with Crippen molar-refractivity contribution < 1.29 is 19.1 Å². The summed E-state index contributed by atoms with van der Waals surface area (Å²) >= 11 is 6.04. The Morgan fingerprint density at radius 3 is 2.37 bits per heavy atom. The number of carbonyl (C=O) groups excluding carboxylic acids is 2. The van der Waals surface area contributed by atoms with Crippen molar-refractivity contribution in [1.29, 1.82) is 0 Å². The van der Waals surface area contributed by atoms with E-state index in [0.29, 0.717) is 38.6 Å². The van der Waals surface area contributed by atoms with Gasteiger partial charge in [0.1, 0.15) is 11.5 Å². The highest BCUT2D eigenvalue weighted by Crippen LogP contribution is 2.46. The Bertz CT molecular complexity index is 1350. The predicted molar refractivity (Wildman–Crippen MR) is 114 cm³/mol. The van der Waals surface area contributed by atoms with Gasteiger partial charge in [0.2, 0.25) is 5.78 Å². The second-order valence-corrected chi connectivity index (χ2v) is 7.68. The molecule has 0 saturated carbocycles. The highest BCUT2D eigenvalue weighted by molar-refractivity contribution is 6.31. The van der Waals surface area contributed by atoms with Crippen molar-refractivity contribution in [3.63, 3.8) is 0 Å². The molecular weight excluding hydrogens is 400 g/mol. The number of aromatic hydroxyl groups is 1. The Labute approximate surface area is 177 Å². The molecule has 4 aromatic rings. The molecule has 0 radical (unpaired) electrons. The summed E-state index contributed by atoms with van der Waals surface area (Å²) in [5.74, 6) is -0.553. The fourth-order valence-electron chi connectivity index (χ4n) is 3.82. The van der Waals surface area contributed by atoms with Crippen LogP contribution in [0.15, 0.2) is 71.1 Å². The van der Waals surface area contributed by atoms with Crippen LogP contribution in [0.2, 0.25) is 5.02 Å². The van der Waals surface area contributed by atoms with E-state index in [2.05, 4.69) is 0 Å². The number of phenols is 1. The molecule has 0 bridgehead atoms. The highest BCUT2D eigenvalue weighted by Gasteiger charge is 2.38. The number of hydrogen-bond acceptors (Lipinski definition) is 4. The highest BCUT2D eigenvalue weighted by atomic mass is 35.5. The van der Waals surface area contributed by atoms with Crippen LogP contribution in [0.4, 0.5) is 0 Å². The fourth-order valence-corrected chi connectivity index (χ4v) is 3.99. The molecule has 0 amide bonds. The molecule has 1 aliphatic rings. The Kier molecular flexibility index (Phi) is 4.12. The summed E-state index contributed by atoms with van der Waals surface area (Å²) in [5, 5.41) is 10.5. The SMILES string of the molecule is Cc1ccc(-c2c(C(=O)c3cc(Cl)ccc3O)oc3c2C(=O)c2ccccc2-3)cc1. The number of hydrogen-bond donors (Lipinski definition) is 1. The van der Waals surface area contributed by atoms with Crippen LogP contribution in [0.5, 0.6) is 5.75 Å². The molecule has 5 rings (SSSR count). The van der Waals surface area contributed by atoms with Crippen LogP contribution in [-0.4, -0.2) is 16.7 Å². The van der Waals surface area contributed by atoms with Gasteiger partial charge in [0.25, 0.3) is 0 Å². The van der Waals surface area contributed by atoms with Gasteiger partial charge in [-0.1, -0.05) is 65.7 Å². The summed E-state index contributed by atoms with van der Waals surface area (Å²) in [5.41, 5.74) is 3.75. The number of fused-ring (bicyclic) bond motifs is 3. The minimum absolute atomic E-state index is 0.00396. The second-order valence-electron chi connectivity index (χ2n) is 7.24. The monoisotopic (exact) mass is 414 g/mol. The van der Waals surface area contributed by atoms with Gasteiger partial charge < -0.3 is 9.52 Å². The molecule has 0 atom stereocenters. The van der Waals surface area contributed by atoms with Gasteiger partial charge in [0.15, 0.2) is 11.5 Å². The van der Waals surface area contributed by atoms with E-state index in [-0.39, 0.29) is 22.9 Å². The van der Waals surface area contributed by atoms with Crippen LogP contribution in [0, 0.1) is 6.92 Å². The van der Waals surface area contributed by atoms with Gasteiger partial charge >= 0.3 is 0 Å². The van der Waals surface area contributed by atoms with Crippen LogP contribution in [0.3, 0.4) is 0 Å². The van der Waals surface area contributed by atoms with Crippen molar-refractivity contribution in [3.8, 4) is 28.2 Å². The second kappa shape index (κ2) is 6.71. The molecule has 0 unspecified atom stereocenters. The van der Waals surface area contributed by atoms with Gasteiger partial charge in [0.05, 0.1) is 11.1 Å². The smallest absolute Gasteiger partial charge is 0.232 e. The first-order valence-electron chi connectivity index (χ1n) is 9.37. The molecule has 1 aromatic heterocycles. The number of ketones is 2. The summed E-state index contributed by atoms with van der Waals surface area (Å²) in [4.78, 5) is 26.6. The lowest BCUT2D eigenvalue weighted by atomic mass is 9.94. The number of carbonyl (C=O) groups is 2. The van der Waals surface area contributed by atoms with E-state index in [4.69, 9.17) is 16.0 Å². The topological polar surface area (TPSA) is 67.5 Å².